The van der Waals surface area contributed by atoms with Gasteiger partial charge in [0.05, 0.1) is 5.60 Å². The van der Waals surface area contributed by atoms with E-state index >= 15 is 0 Å². The third-order valence-corrected chi connectivity index (χ3v) is 4.11. The van der Waals surface area contributed by atoms with E-state index in [1.54, 1.807) is 0 Å². The third kappa shape index (κ3) is 3.67. The van der Waals surface area contributed by atoms with Gasteiger partial charge in [0.25, 0.3) is 0 Å². The summed E-state index contributed by atoms with van der Waals surface area (Å²) < 4.78 is 5.82. The van der Waals surface area contributed by atoms with Gasteiger partial charge >= 0.3 is 0 Å². The lowest BCUT2D eigenvalue weighted by atomic mass is 9.92. The Labute approximate surface area is 106 Å². The molecular formula is C14H28N2O. The van der Waals surface area contributed by atoms with Crippen LogP contribution < -0.4 is 5.32 Å². The van der Waals surface area contributed by atoms with Crippen LogP contribution in [0.2, 0.25) is 0 Å². The van der Waals surface area contributed by atoms with Gasteiger partial charge in [-0.3, -0.25) is 4.90 Å². The predicted molar refractivity (Wildman–Crippen MR) is 71.3 cm³/mol. The minimum absolute atomic E-state index is 0.0774. The highest BCUT2D eigenvalue weighted by molar-refractivity contribution is 4.89. The monoisotopic (exact) mass is 240 g/mol. The van der Waals surface area contributed by atoms with Crippen LogP contribution in [0.15, 0.2) is 0 Å². The highest BCUT2D eigenvalue weighted by Crippen LogP contribution is 2.28. The fourth-order valence-corrected chi connectivity index (χ4v) is 3.24. The molecule has 0 amide bonds. The minimum atomic E-state index is 0.0774. The fourth-order valence-electron chi connectivity index (χ4n) is 3.24. The summed E-state index contributed by atoms with van der Waals surface area (Å²) in [5.41, 5.74) is 0.0774. The van der Waals surface area contributed by atoms with Gasteiger partial charge in [0, 0.05) is 38.3 Å². The zero-order valence-electron chi connectivity index (χ0n) is 11.7. The van der Waals surface area contributed by atoms with E-state index in [0.29, 0.717) is 6.04 Å². The molecule has 0 spiro atoms. The first-order valence-corrected chi connectivity index (χ1v) is 7.22. The van der Waals surface area contributed by atoms with Gasteiger partial charge in [0.2, 0.25) is 0 Å². The molecule has 2 aliphatic rings. The van der Waals surface area contributed by atoms with Crippen molar-refractivity contribution in [2.75, 3.05) is 26.2 Å². The second-order valence-corrected chi connectivity index (χ2v) is 6.19. The molecule has 0 aromatic rings. The zero-order valence-corrected chi connectivity index (χ0v) is 11.7. The molecule has 17 heavy (non-hydrogen) atoms. The van der Waals surface area contributed by atoms with Crippen molar-refractivity contribution in [1.82, 2.24) is 10.2 Å². The molecule has 0 bridgehead atoms. The highest BCUT2D eigenvalue weighted by atomic mass is 16.5. The quantitative estimate of drug-likeness (QED) is 0.817. The molecule has 0 saturated carbocycles. The van der Waals surface area contributed by atoms with Crippen molar-refractivity contribution in [1.29, 1.82) is 0 Å². The molecule has 3 heteroatoms. The van der Waals surface area contributed by atoms with Crippen molar-refractivity contribution < 1.29 is 4.74 Å². The largest absolute Gasteiger partial charge is 0.375 e. The summed E-state index contributed by atoms with van der Waals surface area (Å²) in [7, 11) is 0. The van der Waals surface area contributed by atoms with Gasteiger partial charge in [-0.25, -0.2) is 0 Å². The summed E-state index contributed by atoms with van der Waals surface area (Å²) in [6.45, 7) is 11.3. The molecule has 2 rings (SSSR count). The van der Waals surface area contributed by atoms with E-state index < -0.39 is 0 Å². The van der Waals surface area contributed by atoms with Gasteiger partial charge < -0.3 is 10.1 Å². The number of nitrogens with zero attached hydrogens (tertiary/aromatic N) is 1. The van der Waals surface area contributed by atoms with Crippen LogP contribution >= 0.6 is 0 Å². The summed E-state index contributed by atoms with van der Waals surface area (Å²) in [4.78, 5) is 2.70. The van der Waals surface area contributed by atoms with Crippen molar-refractivity contribution in [3.63, 3.8) is 0 Å². The maximum absolute atomic E-state index is 5.82. The summed E-state index contributed by atoms with van der Waals surface area (Å²) >= 11 is 0. The average molecular weight is 240 g/mol. The Morgan fingerprint density at radius 1 is 1.41 bits per heavy atom. The number of hydrogen-bond donors (Lipinski definition) is 1. The lowest BCUT2D eigenvalue weighted by Crippen LogP contribution is -2.56. The maximum Gasteiger partial charge on any atom is 0.0641 e. The molecule has 0 aromatic heterocycles. The van der Waals surface area contributed by atoms with E-state index in [2.05, 4.69) is 31.0 Å². The molecule has 3 nitrogen and oxygen atoms in total. The molecule has 0 radical (unpaired) electrons. The van der Waals surface area contributed by atoms with Crippen molar-refractivity contribution in [2.45, 2.75) is 64.1 Å². The second-order valence-electron chi connectivity index (χ2n) is 6.19. The van der Waals surface area contributed by atoms with Gasteiger partial charge in [0.15, 0.2) is 0 Å². The van der Waals surface area contributed by atoms with Crippen LogP contribution in [0.3, 0.4) is 0 Å². The van der Waals surface area contributed by atoms with E-state index in [0.717, 1.165) is 19.2 Å². The smallest absolute Gasteiger partial charge is 0.0641 e. The van der Waals surface area contributed by atoms with Crippen LogP contribution in [-0.4, -0.2) is 48.8 Å². The molecule has 2 saturated heterocycles. The summed E-state index contributed by atoms with van der Waals surface area (Å²) in [5, 5.41) is 3.64. The molecule has 2 atom stereocenters. The van der Waals surface area contributed by atoms with Crippen LogP contribution in [0.4, 0.5) is 0 Å². The Hall–Kier alpha value is -0.120. The van der Waals surface area contributed by atoms with Gasteiger partial charge in [0.1, 0.15) is 0 Å². The van der Waals surface area contributed by atoms with E-state index in [4.69, 9.17) is 4.74 Å². The Morgan fingerprint density at radius 3 is 2.94 bits per heavy atom. The molecular weight excluding hydrogens is 212 g/mol. The summed E-state index contributed by atoms with van der Waals surface area (Å²) in [6, 6.07) is 1.44. The summed E-state index contributed by atoms with van der Waals surface area (Å²) in [5.74, 6) is 0. The fraction of sp³-hybridized carbons (Fsp3) is 1.00. The standard InChI is InChI=1S/C14H28N2O/c1-4-5-12-11-16(8-7-15-12)13-6-9-17-14(2,3)10-13/h12-13,15H,4-11H2,1-3H3. The molecule has 2 unspecified atom stereocenters. The zero-order chi connectivity index (χ0) is 12.3. The van der Waals surface area contributed by atoms with Crippen molar-refractivity contribution in [3.05, 3.63) is 0 Å². The lowest BCUT2D eigenvalue weighted by Gasteiger charge is -2.44. The Bertz CT molecular complexity index is 240. The molecule has 2 aliphatic heterocycles. The van der Waals surface area contributed by atoms with Crippen LogP contribution in [0.1, 0.15) is 46.5 Å². The Morgan fingerprint density at radius 2 is 2.24 bits per heavy atom. The Balaban J connectivity index is 1.88. The topological polar surface area (TPSA) is 24.5 Å². The summed E-state index contributed by atoms with van der Waals surface area (Å²) in [6.07, 6.45) is 4.99. The lowest BCUT2D eigenvalue weighted by molar-refractivity contribution is -0.0863. The molecule has 100 valence electrons. The minimum Gasteiger partial charge on any atom is -0.375 e. The third-order valence-electron chi connectivity index (χ3n) is 4.11. The van der Waals surface area contributed by atoms with Crippen LogP contribution in [0, 0.1) is 0 Å². The van der Waals surface area contributed by atoms with Gasteiger partial charge in [-0.1, -0.05) is 13.3 Å². The van der Waals surface area contributed by atoms with E-state index in [1.807, 2.05) is 0 Å². The van der Waals surface area contributed by atoms with Crippen molar-refractivity contribution in [3.8, 4) is 0 Å². The van der Waals surface area contributed by atoms with Crippen LogP contribution in [0.5, 0.6) is 0 Å². The Kier molecular flexibility index (Phi) is 4.45. The van der Waals surface area contributed by atoms with E-state index in [-0.39, 0.29) is 5.60 Å². The van der Waals surface area contributed by atoms with Gasteiger partial charge in [-0.05, 0) is 33.1 Å². The highest BCUT2D eigenvalue weighted by Gasteiger charge is 2.33. The normalized spacial score (nSPS) is 34.8. The molecule has 0 aliphatic carbocycles. The van der Waals surface area contributed by atoms with Crippen molar-refractivity contribution >= 4 is 0 Å². The number of piperazine rings is 1. The number of ether oxygens (including phenoxy) is 1. The molecule has 0 aromatic carbocycles. The average Bonchev–Trinajstić information content (AvgIpc) is 2.28. The van der Waals surface area contributed by atoms with E-state index in [1.165, 1.54) is 38.8 Å². The number of hydrogen-bond acceptors (Lipinski definition) is 3. The number of rotatable bonds is 3. The molecule has 2 heterocycles. The van der Waals surface area contributed by atoms with Crippen LogP contribution in [-0.2, 0) is 4.74 Å². The second kappa shape index (κ2) is 5.68. The first kappa shape index (κ1) is 13.3. The van der Waals surface area contributed by atoms with Gasteiger partial charge in [-0.15, -0.1) is 0 Å². The van der Waals surface area contributed by atoms with Crippen LogP contribution in [0.25, 0.3) is 0 Å². The van der Waals surface area contributed by atoms with Gasteiger partial charge in [-0.2, -0.15) is 0 Å². The van der Waals surface area contributed by atoms with Crippen molar-refractivity contribution in [2.24, 2.45) is 0 Å². The number of nitrogens with one attached hydrogen (secondary N) is 1. The first-order valence-electron chi connectivity index (χ1n) is 7.22. The SMILES string of the molecule is CCCC1CN(C2CCOC(C)(C)C2)CCN1. The molecule has 1 N–H and O–H groups in total. The van der Waals surface area contributed by atoms with E-state index in [9.17, 15) is 0 Å². The maximum atomic E-state index is 5.82. The first-order chi connectivity index (χ1) is 8.11. The predicted octanol–water partition coefficient (Wildman–Crippen LogP) is 2.02. The molecule has 2 fully saturated rings.